The fraction of sp³-hybridized carbons (Fsp3) is 0.471. The maximum absolute atomic E-state index is 12.0. The van der Waals surface area contributed by atoms with Crippen LogP contribution in [0, 0.1) is 0 Å². The minimum atomic E-state index is -0.0190. The Hall–Kier alpha value is -2.06. The number of benzene rings is 1. The van der Waals surface area contributed by atoms with Crippen molar-refractivity contribution in [2.45, 2.75) is 24.1 Å². The lowest BCUT2D eigenvalue weighted by molar-refractivity contribution is -0.119. The minimum absolute atomic E-state index is 0.0190. The molecule has 2 aromatic rings. The lowest BCUT2D eigenvalue weighted by Crippen LogP contribution is -2.32. The van der Waals surface area contributed by atoms with Gasteiger partial charge in [0.05, 0.1) is 19.0 Å². The molecular weight excluding hydrogens is 340 g/mol. The SMILES string of the molecule is COc1ccc(-c2nnc(SCC(=O)NC[C@H]3CCCO3)n2C)cc1. The van der Waals surface area contributed by atoms with Crippen molar-refractivity contribution in [3.8, 4) is 17.1 Å². The van der Waals surface area contributed by atoms with Crippen LogP contribution in [0.2, 0.25) is 0 Å². The number of carbonyl (C=O) groups is 1. The molecule has 1 amide bonds. The highest BCUT2D eigenvalue weighted by Crippen LogP contribution is 2.24. The zero-order valence-corrected chi connectivity index (χ0v) is 15.2. The van der Waals surface area contributed by atoms with Crippen LogP contribution in [-0.2, 0) is 16.6 Å². The van der Waals surface area contributed by atoms with Crippen molar-refractivity contribution < 1.29 is 14.3 Å². The number of hydrogen-bond donors (Lipinski definition) is 1. The standard InChI is InChI=1S/C17H22N4O3S/c1-21-16(12-5-7-13(23-2)8-6-12)19-20-17(21)25-11-15(22)18-10-14-4-3-9-24-14/h5-8,14H,3-4,9-11H2,1-2H3,(H,18,22)/t14-/m1/s1. The van der Waals surface area contributed by atoms with Gasteiger partial charge in [0.15, 0.2) is 11.0 Å². The Kier molecular flexibility index (Phi) is 5.93. The number of thioether (sulfide) groups is 1. The summed E-state index contributed by atoms with van der Waals surface area (Å²) in [5, 5.41) is 12.0. The Morgan fingerprint density at radius 3 is 2.88 bits per heavy atom. The van der Waals surface area contributed by atoms with Gasteiger partial charge in [0.2, 0.25) is 5.91 Å². The summed E-state index contributed by atoms with van der Waals surface area (Å²) in [5.74, 6) is 1.84. The second-order valence-corrected chi connectivity index (χ2v) is 6.76. The third-order valence-corrected chi connectivity index (χ3v) is 5.09. The molecule has 1 saturated heterocycles. The van der Waals surface area contributed by atoms with Crippen LogP contribution in [-0.4, -0.2) is 52.8 Å². The predicted octanol–water partition coefficient (Wildman–Crippen LogP) is 1.88. The molecule has 1 N–H and O–H groups in total. The molecule has 1 atom stereocenters. The summed E-state index contributed by atoms with van der Waals surface area (Å²) in [5.41, 5.74) is 0.950. The molecule has 0 radical (unpaired) electrons. The summed E-state index contributed by atoms with van der Waals surface area (Å²) in [7, 11) is 3.53. The summed E-state index contributed by atoms with van der Waals surface area (Å²) in [4.78, 5) is 12.0. The van der Waals surface area contributed by atoms with Gasteiger partial charge in [-0.25, -0.2) is 0 Å². The molecule has 1 aliphatic heterocycles. The Bertz CT molecular complexity index is 711. The van der Waals surface area contributed by atoms with Gasteiger partial charge >= 0.3 is 0 Å². The van der Waals surface area contributed by atoms with Gasteiger partial charge in [0.1, 0.15) is 5.75 Å². The number of carbonyl (C=O) groups excluding carboxylic acids is 1. The Morgan fingerprint density at radius 2 is 2.20 bits per heavy atom. The highest BCUT2D eigenvalue weighted by molar-refractivity contribution is 7.99. The third kappa shape index (κ3) is 4.52. The van der Waals surface area contributed by atoms with Crippen molar-refractivity contribution in [1.82, 2.24) is 20.1 Å². The van der Waals surface area contributed by atoms with Crippen LogP contribution in [0.5, 0.6) is 5.75 Å². The Labute approximate surface area is 151 Å². The number of amides is 1. The molecule has 7 nitrogen and oxygen atoms in total. The van der Waals surface area contributed by atoms with Crippen molar-refractivity contribution in [2.75, 3.05) is 26.0 Å². The topological polar surface area (TPSA) is 78.3 Å². The first-order valence-electron chi connectivity index (χ1n) is 8.22. The number of rotatable bonds is 7. The molecule has 3 rings (SSSR count). The largest absolute Gasteiger partial charge is 0.497 e. The molecule has 0 saturated carbocycles. The van der Waals surface area contributed by atoms with Gasteiger partial charge in [0.25, 0.3) is 0 Å². The van der Waals surface area contributed by atoms with Crippen LogP contribution >= 0.6 is 11.8 Å². The van der Waals surface area contributed by atoms with Crippen molar-refractivity contribution in [2.24, 2.45) is 7.05 Å². The van der Waals surface area contributed by atoms with E-state index in [9.17, 15) is 4.79 Å². The fourth-order valence-corrected chi connectivity index (χ4v) is 3.39. The van der Waals surface area contributed by atoms with Gasteiger partial charge in [0, 0.05) is 25.8 Å². The van der Waals surface area contributed by atoms with Crippen LogP contribution in [0.4, 0.5) is 0 Å². The minimum Gasteiger partial charge on any atom is -0.497 e. The number of ether oxygens (including phenoxy) is 2. The molecule has 0 bridgehead atoms. The van der Waals surface area contributed by atoms with Gasteiger partial charge in [-0.1, -0.05) is 11.8 Å². The number of aromatic nitrogens is 3. The predicted molar refractivity (Wildman–Crippen MR) is 95.7 cm³/mol. The van der Waals surface area contributed by atoms with Crippen LogP contribution in [0.15, 0.2) is 29.4 Å². The first-order chi connectivity index (χ1) is 12.2. The molecule has 1 fully saturated rings. The molecular formula is C17H22N4O3S. The fourth-order valence-electron chi connectivity index (χ4n) is 2.65. The second kappa shape index (κ2) is 8.35. The molecule has 1 aliphatic rings. The summed E-state index contributed by atoms with van der Waals surface area (Å²) in [6, 6.07) is 7.64. The summed E-state index contributed by atoms with van der Waals surface area (Å²) < 4.78 is 12.6. The third-order valence-electron chi connectivity index (χ3n) is 4.07. The van der Waals surface area contributed by atoms with E-state index in [-0.39, 0.29) is 12.0 Å². The van der Waals surface area contributed by atoms with Crippen LogP contribution in [0.25, 0.3) is 11.4 Å². The van der Waals surface area contributed by atoms with E-state index in [0.717, 1.165) is 36.6 Å². The molecule has 25 heavy (non-hydrogen) atoms. The average Bonchev–Trinajstić information content (AvgIpc) is 3.28. The maximum Gasteiger partial charge on any atom is 0.230 e. The molecule has 0 aliphatic carbocycles. The molecule has 0 unspecified atom stereocenters. The van der Waals surface area contributed by atoms with Crippen molar-refractivity contribution in [1.29, 1.82) is 0 Å². The number of nitrogens with one attached hydrogen (secondary N) is 1. The molecule has 2 heterocycles. The Morgan fingerprint density at radius 1 is 1.40 bits per heavy atom. The van der Waals surface area contributed by atoms with Crippen LogP contribution in [0.1, 0.15) is 12.8 Å². The van der Waals surface area contributed by atoms with Crippen molar-refractivity contribution in [3.63, 3.8) is 0 Å². The molecule has 1 aromatic heterocycles. The number of hydrogen-bond acceptors (Lipinski definition) is 6. The number of nitrogens with zero attached hydrogens (tertiary/aromatic N) is 3. The molecule has 1 aromatic carbocycles. The van der Waals surface area contributed by atoms with Gasteiger partial charge < -0.3 is 19.4 Å². The van der Waals surface area contributed by atoms with E-state index in [1.54, 1.807) is 7.11 Å². The van der Waals surface area contributed by atoms with E-state index in [1.807, 2.05) is 35.9 Å². The lowest BCUT2D eigenvalue weighted by atomic mass is 10.2. The van der Waals surface area contributed by atoms with Gasteiger partial charge in [-0.15, -0.1) is 10.2 Å². The van der Waals surface area contributed by atoms with Crippen molar-refractivity contribution >= 4 is 17.7 Å². The van der Waals surface area contributed by atoms with Gasteiger partial charge in [-0.3, -0.25) is 4.79 Å². The maximum atomic E-state index is 12.0. The van der Waals surface area contributed by atoms with Gasteiger partial charge in [-0.2, -0.15) is 0 Å². The van der Waals surface area contributed by atoms with Crippen LogP contribution in [0.3, 0.4) is 0 Å². The first kappa shape index (κ1) is 17.8. The normalized spacial score (nSPS) is 16.8. The quantitative estimate of drug-likeness (QED) is 0.758. The highest BCUT2D eigenvalue weighted by Gasteiger charge is 2.17. The zero-order valence-electron chi connectivity index (χ0n) is 14.4. The Balaban J connectivity index is 1.54. The summed E-state index contributed by atoms with van der Waals surface area (Å²) in [6.07, 6.45) is 2.25. The summed E-state index contributed by atoms with van der Waals surface area (Å²) >= 11 is 1.37. The average molecular weight is 362 g/mol. The zero-order chi connectivity index (χ0) is 17.6. The van der Waals surface area contributed by atoms with E-state index in [4.69, 9.17) is 9.47 Å². The molecule has 0 spiro atoms. The van der Waals surface area contributed by atoms with E-state index in [2.05, 4.69) is 15.5 Å². The van der Waals surface area contributed by atoms with E-state index in [1.165, 1.54) is 11.8 Å². The van der Waals surface area contributed by atoms with E-state index >= 15 is 0 Å². The van der Waals surface area contributed by atoms with E-state index < -0.39 is 0 Å². The van der Waals surface area contributed by atoms with Crippen molar-refractivity contribution in [3.05, 3.63) is 24.3 Å². The smallest absolute Gasteiger partial charge is 0.230 e. The van der Waals surface area contributed by atoms with Gasteiger partial charge in [-0.05, 0) is 37.1 Å². The molecule has 134 valence electrons. The second-order valence-electron chi connectivity index (χ2n) is 5.82. The highest BCUT2D eigenvalue weighted by atomic mass is 32.2. The first-order valence-corrected chi connectivity index (χ1v) is 9.21. The van der Waals surface area contributed by atoms with E-state index in [0.29, 0.717) is 17.5 Å². The number of methoxy groups -OCH3 is 1. The molecule has 8 heteroatoms. The van der Waals surface area contributed by atoms with Crippen LogP contribution < -0.4 is 10.1 Å². The summed E-state index contributed by atoms with van der Waals surface area (Å²) in [6.45, 7) is 1.37. The lowest BCUT2D eigenvalue weighted by Gasteiger charge is -2.10. The monoisotopic (exact) mass is 362 g/mol.